The van der Waals surface area contributed by atoms with Crippen molar-refractivity contribution in [1.82, 2.24) is 13.7 Å². The summed E-state index contributed by atoms with van der Waals surface area (Å²) in [6.45, 7) is 0. The van der Waals surface area contributed by atoms with E-state index in [9.17, 15) is 0 Å². The Hall–Kier alpha value is -7.88. The van der Waals surface area contributed by atoms with Crippen LogP contribution in [-0.4, -0.2) is 28.2 Å². The number of nitrogens with zero attached hydrogens (tertiary/aromatic N) is 3. The Kier molecular flexibility index (Phi) is 7.70. The quantitative estimate of drug-likeness (QED) is 0.153. The summed E-state index contributed by atoms with van der Waals surface area (Å²) in [6, 6.07) is 83.2. The van der Waals surface area contributed by atoms with Crippen molar-refractivity contribution in [3.05, 3.63) is 224 Å². The van der Waals surface area contributed by atoms with Gasteiger partial charge in [-0.2, -0.15) is 0 Å². The van der Waals surface area contributed by atoms with Gasteiger partial charge in [0.2, 0.25) is 0 Å². The molecule has 0 bridgehead atoms. The van der Waals surface area contributed by atoms with Gasteiger partial charge in [0.25, 0.3) is 0 Å². The minimum atomic E-state index is 0.186. The van der Waals surface area contributed by atoms with Crippen molar-refractivity contribution >= 4 is 99.2 Å². The third kappa shape index (κ3) is 5.22. The summed E-state index contributed by atoms with van der Waals surface area (Å²) in [4.78, 5) is 0. The van der Waals surface area contributed by atoms with Crippen molar-refractivity contribution in [2.24, 2.45) is 0 Å². The normalized spacial score (nSPS) is 12.1. The fourth-order valence-electron chi connectivity index (χ4n) is 10.6. The van der Waals surface area contributed by atoms with Crippen molar-refractivity contribution in [3.8, 4) is 39.3 Å². The van der Waals surface area contributed by atoms with Crippen LogP contribution < -0.4 is 0 Å². The summed E-state index contributed by atoms with van der Waals surface area (Å²) < 4.78 is 10.3. The van der Waals surface area contributed by atoms with E-state index in [4.69, 9.17) is 0 Å². The summed E-state index contributed by atoms with van der Waals surface area (Å²) in [5.74, 6) is 0. The number of benzene rings is 10. The zero-order valence-electron chi connectivity index (χ0n) is 34.6. The van der Waals surface area contributed by atoms with Gasteiger partial charge < -0.3 is 4.57 Å². The van der Waals surface area contributed by atoms with Crippen molar-refractivity contribution in [2.75, 3.05) is 0 Å². The third-order valence-corrected chi connectivity index (χ3v) is 15.8. The van der Waals surface area contributed by atoms with Crippen LogP contribution in [0.15, 0.2) is 224 Å². The molecule has 64 heavy (non-hydrogen) atoms. The van der Waals surface area contributed by atoms with Gasteiger partial charge in [-0.25, -0.2) is 0 Å². The van der Waals surface area contributed by atoms with E-state index in [0.717, 1.165) is 11.4 Å². The number of aromatic nitrogens is 3. The summed E-state index contributed by atoms with van der Waals surface area (Å²) in [5.41, 5.74) is 15.7. The summed E-state index contributed by atoms with van der Waals surface area (Å²) >= 11 is 0.186. The second-order valence-corrected chi connectivity index (χ2v) is 19.2. The molecule has 0 radical (unpaired) electrons. The monoisotopic (exact) mass is 879 g/mol. The Bertz CT molecular complexity index is 4130. The van der Waals surface area contributed by atoms with Gasteiger partial charge in [0, 0.05) is 10.8 Å². The van der Waals surface area contributed by atoms with E-state index in [1.54, 1.807) is 0 Å². The molecule has 0 spiro atoms. The molecule has 4 aromatic heterocycles. The zero-order valence-corrected chi connectivity index (χ0v) is 36.3. The van der Waals surface area contributed by atoms with Gasteiger partial charge in [-0.05, 0) is 12.1 Å². The van der Waals surface area contributed by atoms with E-state index in [0.29, 0.717) is 0 Å². The van der Waals surface area contributed by atoms with Crippen LogP contribution in [0.25, 0.3) is 124 Å². The number of rotatable bonds is 5. The van der Waals surface area contributed by atoms with Crippen LogP contribution in [0.5, 0.6) is 0 Å². The van der Waals surface area contributed by atoms with Crippen LogP contribution >= 0.6 is 0 Å². The molecule has 0 saturated carbocycles. The fourth-order valence-corrected chi connectivity index (χ4v) is 13.0. The Morgan fingerprint density at radius 1 is 0.250 bits per heavy atom. The first-order chi connectivity index (χ1) is 31.7. The predicted octanol–water partition coefficient (Wildman–Crippen LogP) is 15.7. The maximum atomic E-state index is 2.56. The second kappa shape index (κ2) is 13.8. The summed E-state index contributed by atoms with van der Waals surface area (Å²) in [7, 11) is 0. The van der Waals surface area contributed by atoms with Crippen molar-refractivity contribution < 1.29 is 0 Å². The van der Waals surface area contributed by atoms with E-state index in [2.05, 4.69) is 238 Å². The van der Waals surface area contributed by atoms with E-state index in [1.165, 1.54) is 113 Å². The number of hydrogen-bond donors (Lipinski definition) is 0. The molecule has 0 aliphatic carbocycles. The van der Waals surface area contributed by atoms with Crippen molar-refractivity contribution in [2.45, 2.75) is 0 Å². The van der Waals surface area contributed by atoms with Gasteiger partial charge in [-0.1, -0.05) is 36.4 Å². The van der Waals surface area contributed by atoms with Gasteiger partial charge in [0.05, 0.1) is 11.0 Å². The van der Waals surface area contributed by atoms with Crippen LogP contribution in [0.3, 0.4) is 0 Å². The minimum absolute atomic E-state index is 0.186. The first kappa shape index (κ1) is 35.7. The number of fused-ring (bicyclic) bond motifs is 12. The molecule has 0 atom stereocenters. The van der Waals surface area contributed by atoms with Crippen LogP contribution in [0.2, 0.25) is 0 Å². The first-order valence-corrected chi connectivity index (χ1v) is 23.6. The molecular weight excluding hydrogens is 842 g/mol. The SMILES string of the molecule is c1ccc(-c2ccc(-c3cc(-n4c5ccccc5c5ccc(-n6c7ccccc7c7cc(-n8c9ccccc9c9ccccc98)ccc76)cc54)c4c(c3)[se]c3ccccc34)cc2)cc1. The van der Waals surface area contributed by atoms with Crippen LogP contribution in [0.1, 0.15) is 0 Å². The average molecular weight is 879 g/mol. The van der Waals surface area contributed by atoms with Crippen molar-refractivity contribution in [1.29, 1.82) is 0 Å². The van der Waals surface area contributed by atoms with Crippen LogP contribution in [0, 0.1) is 0 Å². The Morgan fingerprint density at radius 2 is 0.703 bits per heavy atom. The number of para-hydroxylation sites is 4. The molecule has 298 valence electrons. The standard InChI is InChI=1S/C60H37N3Se/c1-2-14-38(15-3-1)39-26-28-40(29-27-39)41-34-57(60-49-20-8-13-25-58(49)64-59(60)35-41)63-54-24-12-6-18-46(54)48-32-30-43(37-56(48)63)62-53-23-11-7-19-47(53)50-36-42(31-33-55(50)62)61-51-21-9-4-16-44(51)45-17-5-10-22-52(45)61/h1-37H. The summed E-state index contributed by atoms with van der Waals surface area (Å²) in [5, 5.41) is 10.2. The fraction of sp³-hybridized carbons (Fsp3) is 0. The molecule has 14 rings (SSSR count). The predicted molar refractivity (Wildman–Crippen MR) is 272 cm³/mol. The van der Waals surface area contributed by atoms with Gasteiger partial charge in [0.15, 0.2) is 0 Å². The molecule has 0 unspecified atom stereocenters. The van der Waals surface area contributed by atoms with E-state index in [1.807, 2.05) is 0 Å². The molecule has 0 aliphatic heterocycles. The average Bonchev–Trinajstić information content (AvgIpc) is 4.10. The molecular formula is C60H37N3Se. The van der Waals surface area contributed by atoms with Gasteiger partial charge in [-0.15, -0.1) is 0 Å². The van der Waals surface area contributed by atoms with E-state index in [-0.39, 0.29) is 14.5 Å². The molecule has 14 aromatic rings. The molecule has 0 aliphatic rings. The van der Waals surface area contributed by atoms with Crippen LogP contribution in [-0.2, 0) is 0 Å². The van der Waals surface area contributed by atoms with E-state index >= 15 is 0 Å². The number of hydrogen-bond acceptors (Lipinski definition) is 0. The molecule has 3 nitrogen and oxygen atoms in total. The Morgan fingerprint density at radius 3 is 1.34 bits per heavy atom. The second-order valence-electron chi connectivity index (χ2n) is 16.9. The van der Waals surface area contributed by atoms with Crippen LogP contribution in [0.4, 0.5) is 0 Å². The molecule has 0 amide bonds. The Balaban J connectivity index is 1.01. The molecule has 0 N–H and O–H groups in total. The van der Waals surface area contributed by atoms with Gasteiger partial charge in [-0.3, -0.25) is 0 Å². The third-order valence-electron chi connectivity index (χ3n) is 13.4. The first-order valence-electron chi connectivity index (χ1n) is 21.9. The maximum absolute atomic E-state index is 2.56. The van der Waals surface area contributed by atoms with Gasteiger partial charge >= 0.3 is 302 Å². The zero-order chi connectivity index (χ0) is 41.9. The molecule has 4 heteroatoms. The van der Waals surface area contributed by atoms with Gasteiger partial charge in [0.1, 0.15) is 0 Å². The molecule has 0 saturated heterocycles. The molecule has 4 heterocycles. The Labute approximate surface area is 374 Å². The summed E-state index contributed by atoms with van der Waals surface area (Å²) in [6.07, 6.45) is 0. The molecule has 10 aromatic carbocycles. The van der Waals surface area contributed by atoms with E-state index < -0.39 is 0 Å². The van der Waals surface area contributed by atoms with Crippen molar-refractivity contribution in [3.63, 3.8) is 0 Å². The topological polar surface area (TPSA) is 14.8 Å². The molecule has 0 fully saturated rings.